The fraction of sp³-hybridized carbons (Fsp3) is 0. The average molecular weight is 512 g/mol. The molecule has 0 unspecified atom stereocenters. The zero-order valence-corrected chi connectivity index (χ0v) is 21.4. The summed E-state index contributed by atoms with van der Waals surface area (Å²) in [6.07, 6.45) is 1.62. The largest absolute Gasteiger partial charge is 0.456 e. The van der Waals surface area contributed by atoms with Gasteiger partial charge >= 0.3 is 0 Å². The van der Waals surface area contributed by atoms with Crippen LogP contribution in [-0.4, -0.2) is 9.55 Å². The van der Waals surface area contributed by atoms with Crippen LogP contribution in [0.1, 0.15) is 5.56 Å². The lowest BCUT2D eigenvalue weighted by Crippen LogP contribution is -1.94. The van der Waals surface area contributed by atoms with E-state index in [0.717, 1.165) is 61.0 Å². The van der Waals surface area contributed by atoms with Crippen LogP contribution in [0.5, 0.6) is 0 Å². The Morgan fingerprint density at radius 2 is 1.38 bits per heavy atom. The minimum absolute atomic E-state index is 0.555. The molecular weight excluding hydrogens is 490 g/mol. The van der Waals surface area contributed by atoms with Gasteiger partial charge in [0.2, 0.25) is 0 Å². The van der Waals surface area contributed by atoms with Crippen molar-refractivity contribution in [3.05, 3.63) is 133 Å². The molecule has 0 aliphatic heterocycles. The van der Waals surface area contributed by atoms with Crippen LogP contribution in [0.2, 0.25) is 0 Å². The van der Waals surface area contributed by atoms with Crippen molar-refractivity contribution in [3.8, 4) is 34.1 Å². The van der Waals surface area contributed by atoms with Gasteiger partial charge in [0.25, 0.3) is 0 Å². The minimum Gasteiger partial charge on any atom is -0.456 e. The Balaban J connectivity index is 1.33. The number of para-hydroxylation sites is 2. The van der Waals surface area contributed by atoms with Gasteiger partial charge in [-0.25, -0.2) is 0 Å². The van der Waals surface area contributed by atoms with Gasteiger partial charge in [-0.3, -0.25) is 4.98 Å². The summed E-state index contributed by atoms with van der Waals surface area (Å²) in [4.78, 5) is 4.49. The highest BCUT2D eigenvalue weighted by Gasteiger charge is 2.18. The molecule has 0 aliphatic rings. The van der Waals surface area contributed by atoms with Gasteiger partial charge in [0.15, 0.2) is 0 Å². The summed E-state index contributed by atoms with van der Waals surface area (Å²) in [5, 5.41) is 13.8. The third-order valence-corrected chi connectivity index (χ3v) is 7.67. The number of furan rings is 1. The molecule has 0 saturated carbocycles. The van der Waals surface area contributed by atoms with Gasteiger partial charge in [-0.1, -0.05) is 66.7 Å². The molecule has 5 aromatic carbocycles. The standard InChI is InChI=1S/C36H21N3O/c37-21-23-15-16-30(38-22-23)26-9-5-7-24(19-26)25-8-6-10-27(20-25)39-31-13-3-1-11-28(31)35-32(39)17-18-34-36(35)29-12-2-4-14-33(29)40-34/h1-20,22H. The summed E-state index contributed by atoms with van der Waals surface area (Å²) >= 11 is 0. The van der Waals surface area contributed by atoms with Gasteiger partial charge in [0.1, 0.15) is 17.2 Å². The third kappa shape index (κ3) is 3.35. The number of benzene rings is 5. The number of aromatic nitrogens is 2. The van der Waals surface area contributed by atoms with Crippen molar-refractivity contribution in [2.75, 3.05) is 0 Å². The van der Waals surface area contributed by atoms with E-state index in [0.29, 0.717) is 5.56 Å². The topological polar surface area (TPSA) is 54.8 Å². The lowest BCUT2D eigenvalue weighted by Gasteiger charge is -2.11. The van der Waals surface area contributed by atoms with Gasteiger partial charge in [0, 0.05) is 39.0 Å². The smallest absolute Gasteiger partial charge is 0.136 e. The SMILES string of the molecule is N#Cc1ccc(-c2cccc(-c3cccc(-n4c5ccccc5c5c6c(ccc54)oc4ccccc46)c3)c2)nc1. The van der Waals surface area contributed by atoms with Gasteiger partial charge in [-0.05, 0) is 65.7 Å². The summed E-state index contributed by atoms with van der Waals surface area (Å²) in [5.41, 5.74) is 9.84. The maximum Gasteiger partial charge on any atom is 0.136 e. The van der Waals surface area contributed by atoms with Crippen molar-refractivity contribution in [2.45, 2.75) is 0 Å². The van der Waals surface area contributed by atoms with Crippen molar-refractivity contribution < 1.29 is 4.42 Å². The summed E-state index contributed by atoms with van der Waals surface area (Å²) in [5.74, 6) is 0. The minimum atomic E-state index is 0.555. The molecule has 0 bridgehead atoms. The maximum absolute atomic E-state index is 9.12. The highest BCUT2D eigenvalue weighted by atomic mass is 16.3. The second-order valence-electron chi connectivity index (χ2n) is 9.96. The first-order chi connectivity index (χ1) is 19.8. The molecule has 8 rings (SSSR count). The van der Waals surface area contributed by atoms with Crippen molar-refractivity contribution in [1.82, 2.24) is 9.55 Å². The summed E-state index contributed by atoms with van der Waals surface area (Å²) in [6, 6.07) is 44.0. The number of hydrogen-bond acceptors (Lipinski definition) is 3. The maximum atomic E-state index is 9.12. The molecule has 0 spiro atoms. The number of hydrogen-bond donors (Lipinski definition) is 0. The number of fused-ring (bicyclic) bond motifs is 7. The first-order valence-corrected chi connectivity index (χ1v) is 13.2. The van der Waals surface area contributed by atoms with Crippen LogP contribution in [-0.2, 0) is 0 Å². The Bertz CT molecular complexity index is 2280. The molecule has 3 heterocycles. The molecule has 40 heavy (non-hydrogen) atoms. The Labute approximate surface area is 230 Å². The normalized spacial score (nSPS) is 11.5. The fourth-order valence-electron chi connectivity index (χ4n) is 5.87. The van der Waals surface area contributed by atoms with Gasteiger partial charge in [0.05, 0.1) is 22.3 Å². The van der Waals surface area contributed by atoms with E-state index < -0.39 is 0 Å². The van der Waals surface area contributed by atoms with Crippen molar-refractivity contribution in [3.63, 3.8) is 0 Å². The summed E-state index contributed by atoms with van der Waals surface area (Å²) < 4.78 is 8.58. The Morgan fingerprint density at radius 1 is 0.600 bits per heavy atom. The molecule has 3 aromatic heterocycles. The Hall–Kier alpha value is -5.66. The van der Waals surface area contributed by atoms with Gasteiger partial charge in [-0.2, -0.15) is 5.26 Å². The first kappa shape index (κ1) is 22.3. The predicted molar refractivity (Wildman–Crippen MR) is 161 cm³/mol. The fourth-order valence-corrected chi connectivity index (χ4v) is 5.87. The molecule has 0 atom stereocenters. The molecule has 0 saturated heterocycles. The summed E-state index contributed by atoms with van der Waals surface area (Å²) in [7, 11) is 0. The van der Waals surface area contributed by atoms with E-state index in [2.05, 4.69) is 113 Å². The van der Waals surface area contributed by atoms with Crippen LogP contribution in [0, 0.1) is 11.3 Å². The van der Waals surface area contributed by atoms with Gasteiger partial charge in [-0.15, -0.1) is 0 Å². The van der Waals surface area contributed by atoms with Crippen LogP contribution in [0.3, 0.4) is 0 Å². The number of rotatable bonds is 3. The third-order valence-electron chi connectivity index (χ3n) is 7.67. The molecule has 0 N–H and O–H groups in total. The van der Waals surface area contributed by atoms with E-state index in [4.69, 9.17) is 9.68 Å². The molecule has 0 fully saturated rings. The monoisotopic (exact) mass is 511 g/mol. The highest BCUT2D eigenvalue weighted by Crippen LogP contribution is 2.41. The van der Waals surface area contributed by atoms with Crippen LogP contribution < -0.4 is 0 Å². The van der Waals surface area contributed by atoms with E-state index in [9.17, 15) is 0 Å². The van der Waals surface area contributed by atoms with E-state index in [1.807, 2.05) is 18.2 Å². The molecule has 186 valence electrons. The Kier molecular flexibility index (Phi) is 4.85. The first-order valence-electron chi connectivity index (χ1n) is 13.2. The molecule has 0 aliphatic carbocycles. The number of nitriles is 1. The van der Waals surface area contributed by atoms with E-state index in [-0.39, 0.29) is 0 Å². The molecule has 4 nitrogen and oxygen atoms in total. The zero-order valence-electron chi connectivity index (χ0n) is 21.4. The van der Waals surface area contributed by atoms with Crippen molar-refractivity contribution in [1.29, 1.82) is 5.26 Å². The second-order valence-corrected chi connectivity index (χ2v) is 9.96. The number of nitrogens with zero attached hydrogens (tertiary/aromatic N) is 3. The molecular formula is C36H21N3O. The van der Waals surface area contributed by atoms with Crippen LogP contribution in [0.25, 0.3) is 71.8 Å². The van der Waals surface area contributed by atoms with Crippen molar-refractivity contribution >= 4 is 43.7 Å². The highest BCUT2D eigenvalue weighted by molar-refractivity contribution is 6.27. The lowest BCUT2D eigenvalue weighted by molar-refractivity contribution is 0.669. The second kappa shape index (κ2) is 8.69. The summed E-state index contributed by atoms with van der Waals surface area (Å²) in [6.45, 7) is 0. The quantitative estimate of drug-likeness (QED) is 0.237. The molecule has 0 radical (unpaired) electrons. The Morgan fingerprint density at radius 3 is 2.23 bits per heavy atom. The van der Waals surface area contributed by atoms with Crippen LogP contribution in [0.4, 0.5) is 0 Å². The molecule has 8 aromatic rings. The molecule has 4 heteroatoms. The predicted octanol–water partition coefficient (Wildman–Crippen LogP) is 9.28. The zero-order chi connectivity index (χ0) is 26.6. The van der Waals surface area contributed by atoms with E-state index in [1.165, 1.54) is 10.8 Å². The van der Waals surface area contributed by atoms with Gasteiger partial charge < -0.3 is 8.98 Å². The lowest BCUT2D eigenvalue weighted by atomic mass is 10.0. The number of pyridine rings is 1. The van der Waals surface area contributed by atoms with E-state index in [1.54, 1.807) is 12.3 Å². The molecule has 0 amide bonds. The van der Waals surface area contributed by atoms with E-state index >= 15 is 0 Å². The van der Waals surface area contributed by atoms with Crippen LogP contribution in [0.15, 0.2) is 132 Å². The van der Waals surface area contributed by atoms with Crippen LogP contribution >= 0.6 is 0 Å². The average Bonchev–Trinajstić information content (AvgIpc) is 3.57. The van der Waals surface area contributed by atoms with Crippen molar-refractivity contribution in [2.24, 2.45) is 0 Å².